The number of amides is 1. The Bertz CT molecular complexity index is 1810. The highest BCUT2D eigenvalue weighted by molar-refractivity contribution is 7.90. The van der Waals surface area contributed by atoms with E-state index in [0.29, 0.717) is 28.8 Å². The number of carboxylic acid groups (broad SMARTS) is 1. The number of β-lactam (4-membered cyclic amide) rings is 1. The van der Waals surface area contributed by atoms with Gasteiger partial charge in [0.2, 0.25) is 12.2 Å². The quantitative estimate of drug-likeness (QED) is 0.146. The summed E-state index contributed by atoms with van der Waals surface area (Å²) in [6.45, 7) is 0. The second-order valence-electron chi connectivity index (χ2n) is 12.1. The van der Waals surface area contributed by atoms with Gasteiger partial charge in [-0.05, 0) is 72.5 Å². The summed E-state index contributed by atoms with van der Waals surface area (Å²) in [5, 5.41) is 50.5. The summed E-state index contributed by atoms with van der Waals surface area (Å²) in [5.74, 6) is 3.16. The van der Waals surface area contributed by atoms with Crippen LogP contribution in [0.15, 0.2) is 72.8 Å². The second-order valence-corrected chi connectivity index (χ2v) is 14.3. The topological polar surface area (TPSA) is 191 Å². The van der Waals surface area contributed by atoms with E-state index in [1.54, 1.807) is 41.3 Å². The summed E-state index contributed by atoms with van der Waals surface area (Å²) < 4.78 is 46.9. The van der Waals surface area contributed by atoms with Crippen molar-refractivity contribution in [3.8, 4) is 17.6 Å². The molecule has 0 spiro atoms. The summed E-state index contributed by atoms with van der Waals surface area (Å²) in [5.41, 5.74) is 2.43. The summed E-state index contributed by atoms with van der Waals surface area (Å²) in [4.78, 5) is 26.6. The first-order chi connectivity index (χ1) is 23.2. The Balaban J connectivity index is 1.35. The highest BCUT2D eigenvalue weighted by Crippen LogP contribution is 2.46. The number of carboxylic acids is 1. The molecular formula is C35H36FNO11S. The first-order valence-electron chi connectivity index (χ1n) is 15.5. The van der Waals surface area contributed by atoms with Crippen LogP contribution in [0.4, 0.5) is 10.1 Å². The average molecular weight is 698 g/mol. The number of aliphatic hydroxyl groups excluding tert-OH is 4. The SMILES string of the molecule is CS(=O)(=O)CCC#Cc1ccc(N2C(=O)[C@H](CC[C@H](O)c3ccc(F)cc3)[C@H]2c2ccc(O[C@@H]3O[C@H](C(=O)O)[C@@H](O)[C@H](O)[C@H]3O)cc2)cc1. The van der Waals surface area contributed by atoms with Gasteiger partial charge in [0.1, 0.15) is 39.7 Å². The van der Waals surface area contributed by atoms with E-state index in [4.69, 9.17) is 9.47 Å². The van der Waals surface area contributed by atoms with Gasteiger partial charge < -0.3 is 39.9 Å². The summed E-state index contributed by atoms with van der Waals surface area (Å²) in [6.07, 6.45) is -7.92. The normalized spacial score (nSPS) is 25.9. The number of carbonyl (C=O) groups excluding carboxylic acids is 1. The highest BCUT2D eigenvalue weighted by Gasteiger charge is 2.49. The van der Waals surface area contributed by atoms with E-state index in [1.807, 2.05) is 0 Å². The van der Waals surface area contributed by atoms with E-state index in [0.717, 1.165) is 6.26 Å². The molecule has 0 bridgehead atoms. The van der Waals surface area contributed by atoms with Crippen LogP contribution in [0.3, 0.4) is 0 Å². The molecule has 2 aliphatic rings. The van der Waals surface area contributed by atoms with Crippen LogP contribution in [0.5, 0.6) is 5.75 Å². The molecular weight excluding hydrogens is 661 g/mol. The fourth-order valence-electron chi connectivity index (χ4n) is 5.82. The maximum Gasteiger partial charge on any atom is 0.335 e. The van der Waals surface area contributed by atoms with Crippen LogP contribution in [0.2, 0.25) is 0 Å². The Morgan fingerprint density at radius 2 is 1.63 bits per heavy atom. The van der Waals surface area contributed by atoms with Gasteiger partial charge in [-0.2, -0.15) is 0 Å². The zero-order chi connectivity index (χ0) is 35.5. The Kier molecular flexibility index (Phi) is 11.0. The number of benzene rings is 3. The van der Waals surface area contributed by atoms with Crippen molar-refractivity contribution in [3.05, 3.63) is 95.3 Å². The number of aliphatic carboxylic acids is 1. The summed E-state index contributed by atoms with van der Waals surface area (Å²) >= 11 is 0. The first-order valence-corrected chi connectivity index (χ1v) is 17.5. The number of rotatable bonds is 11. The number of halogens is 1. The Labute approximate surface area is 282 Å². The Hall–Kier alpha value is -4.36. The van der Waals surface area contributed by atoms with Crippen LogP contribution >= 0.6 is 0 Å². The third-order valence-corrected chi connectivity index (χ3v) is 9.43. The molecule has 5 rings (SSSR count). The molecule has 0 saturated carbocycles. The van der Waals surface area contributed by atoms with E-state index >= 15 is 0 Å². The van der Waals surface area contributed by atoms with Crippen LogP contribution in [0, 0.1) is 23.6 Å². The molecule has 2 heterocycles. The molecule has 2 saturated heterocycles. The Morgan fingerprint density at radius 3 is 2.24 bits per heavy atom. The third-order valence-electron chi connectivity index (χ3n) is 8.48. The van der Waals surface area contributed by atoms with Crippen LogP contribution in [-0.4, -0.2) is 88.5 Å². The Morgan fingerprint density at radius 1 is 0.980 bits per heavy atom. The van der Waals surface area contributed by atoms with E-state index in [9.17, 15) is 47.9 Å². The minimum Gasteiger partial charge on any atom is -0.479 e. The molecule has 260 valence electrons. The number of aliphatic hydroxyl groups is 4. The minimum absolute atomic E-state index is 0.0503. The molecule has 5 N–H and O–H groups in total. The monoisotopic (exact) mass is 697 g/mol. The summed E-state index contributed by atoms with van der Waals surface area (Å²) in [7, 11) is -3.13. The predicted molar refractivity (Wildman–Crippen MR) is 173 cm³/mol. The number of hydrogen-bond acceptors (Lipinski definition) is 10. The maximum absolute atomic E-state index is 13.6. The van der Waals surface area contributed by atoms with Gasteiger partial charge >= 0.3 is 5.97 Å². The number of nitrogens with zero attached hydrogens (tertiary/aromatic N) is 1. The predicted octanol–water partition coefficient (Wildman–Crippen LogP) is 2.10. The highest BCUT2D eigenvalue weighted by atomic mass is 32.2. The van der Waals surface area contributed by atoms with Crippen LogP contribution in [0.1, 0.15) is 48.1 Å². The second kappa shape index (κ2) is 15.0. The average Bonchev–Trinajstić information content (AvgIpc) is 3.06. The van der Waals surface area contributed by atoms with Crippen molar-refractivity contribution in [1.29, 1.82) is 0 Å². The van der Waals surface area contributed by atoms with Crippen LogP contribution in [-0.2, 0) is 24.2 Å². The van der Waals surface area contributed by atoms with Crippen molar-refractivity contribution in [3.63, 3.8) is 0 Å². The van der Waals surface area contributed by atoms with E-state index in [-0.39, 0.29) is 30.3 Å². The molecule has 49 heavy (non-hydrogen) atoms. The largest absolute Gasteiger partial charge is 0.479 e. The fraction of sp³-hybridized carbons (Fsp3) is 0.371. The van der Waals surface area contributed by atoms with E-state index in [1.165, 1.54) is 36.4 Å². The number of ether oxygens (including phenoxy) is 2. The molecule has 0 aromatic heterocycles. The van der Waals surface area contributed by atoms with Gasteiger partial charge in [0, 0.05) is 23.9 Å². The lowest BCUT2D eigenvalue weighted by Gasteiger charge is -2.48. The van der Waals surface area contributed by atoms with Gasteiger partial charge in [-0.3, -0.25) is 4.79 Å². The van der Waals surface area contributed by atoms with Gasteiger partial charge in [0.15, 0.2) is 6.10 Å². The number of sulfone groups is 1. The van der Waals surface area contributed by atoms with Crippen molar-refractivity contribution >= 4 is 27.4 Å². The molecule has 8 atom stereocenters. The molecule has 1 amide bonds. The molecule has 2 fully saturated rings. The zero-order valence-corrected chi connectivity index (χ0v) is 27.1. The lowest BCUT2D eigenvalue weighted by Crippen LogP contribution is -2.61. The van der Waals surface area contributed by atoms with Gasteiger partial charge in [0.05, 0.1) is 23.8 Å². The molecule has 2 aliphatic heterocycles. The molecule has 12 nitrogen and oxygen atoms in total. The van der Waals surface area contributed by atoms with Crippen LogP contribution in [0.25, 0.3) is 0 Å². The summed E-state index contributed by atoms with van der Waals surface area (Å²) in [6, 6.07) is 18.3. The zero-order valence-electron chi connectivity index (χ0n) is 26.3. The van der Waals surface area contributed by atoms with Gasteiger partial charge in [-0.25, -0.2) is 17.6 Å². The van der Waals surface area contributed by atoms with Crippen molar-refractivity contribution < 1.29 is 57.4 Å². The fourth-order valence-corrected chi connectivity index (χ4v) is 6.29. The van der Waals surface area contributed by atoms with E-state index < -0.39 is 70.4 Å². The molecule has 0 aliphatic carbocycles. The molecule has 0 radical (unpaired) electrons. The van der Waals surface area contributed by atoms with Gasteiger partial charge in [-0.1, -0.05) is 36.1 Å². The lowest BCUT2D eigenvalue weighted by molar-refractivity contribution is -0.271. The van der Waals surface area contributed by atoms with E-state index in [2.05, 4.69) is 11.8 Å². The standard InChI is InChI=1S/C35H36FNO11S/c1-49(45,46)19-3-2-4-20-5-13-24(14-6-20)37-28(26(33(37)42)17-18-27(38)21-7-11-23(36)12-8-21)22-9-15-25(16-10-22)47-35-31(41)29(39)30(40)32(48-35)34(43)44/h5-16,26-32,35,38-41H,3,17-19H2,1H3,(H,43,44)/t26-,27+,28-,29+,30+,31-,32+,35-/m1/s1. The number of anilines is 1. The van der Waals surface area contributed by atoms with Crippen LogP contribution < -0.4 is 9.64 Å². The molecule has 3 aromatic rings. The minimum atomic E-state index is -3.13. The number of hydrogen-bond donors (Lipinski definition) is 5. The smallest absolute Gasteiger partial charge is 0.335 e. The van der Waals surface area contributed by atoms with Gasteiger partial charge in [-0.15, -0.1) is 0 Å². The maximum atomic E-state index is 13.6. The van der Waals surface area contributed by atoms with Gasteiger partial charge in [0.25, 0.3) is 0 Å². The van der Waals surface area contributed by atoms with Crippen molar-refractivity contribution in [2.24, 2.45) is 5.92 Å². The van der Waals surface area contributed by atoms with Crippen molar-refractivity contribution in [2.45, 2.75) is 62.1 Å². The molecule has 3 aromatic carbocycles. The first kappa shape index (κ1) is 35.9. The van der Waals surface area contributed by atoms with Crippen molar-refractivity contribution in [1.82, 2.24) is 0 Å². The van der Waals surface area contributed by atoms with Crippen molar-refractivity contribution in [2.75, 3.05) is 16.9 Å². The number of carbonyl (C=O) groups is 2. The third kappa shape index (κ3) is 8.45. The molecule has 0 unspecified atom stereocenters. The molecule has 14 heteroatoms. The lowest BCUT2D eigenvalue weighted by atomic mass is 9.78.